The summed E-state index contributed by atoms with van der Waals surface area (Å²) in [5.74, 6) is -0.611. The number of carbonyl (C=O) groups excluding carboxylic acids is 2. The number of esters is 1. The minimum absolute atomic E-state index is 0.104. The third-order valence-corrected chi connectivity index (χ3v) is 4.10. The quantitative estimate of drug-likeness (QED) is 0.704. The average Bonchev–Trinajstić information content (AvgIpc) is 2.58. The molecule has 1 aromatic rings. The molecule has 2 atom stereocenters. The molecule has 140 valence electrons. The standard InChI is InChI=1S/C19H29NO5/c1-6-24-17(22)19(4,5)16(21)15(13(2)3)20-18(23)25-12-14-10-8-7-9-11-14/h7-11,13,15-16,21H,6,12H2,1-5H3,(H,20,23)/t15-,16-/m0/s1. The SMILES string of the molecule is CCOC(=O)C(C)(C)[C@@H](O)[C@@H](NC(=O)OCc1ccccc1)C(C)C. The number of nitrogens with one attached hydrogen (secondary N) is 1. The number of hydrogen-bond donors (Lipinski definition) is 2. The molecular weight excluding hydrogens is 322 g/mol. The number of rotatable bonds is 8. The second kappa shape index (κ2) is 9.42. The molecule has 0 fully saturated rings. The Morgan fingerprint density at radius 1 is 1.16 bits per heavy atom. The molecule has 2 N–H and O–H groups in total. The van der Waals surface area contributed by atoms with Crippen LogP contribution in [-0.2, 0) is 20.9 Å². The largest absolute Gasteiger partial charge is 0.466 e. The first-order valence-corrected chi connectivity index (χ1v) is 8.52. The number of alkyl carbamates (subject to hydrolysis) is 1. The molecule has 0 bridgehead atoms. The van der Waals surface area contributed by atoms with Crippen molar-refractivity contribution < 1.29 is 24.2 Å². The zero-order chi connectivity index (χ0) is 19.0. The van der Waals surface area contributed by atoms with Crippen LogP contribution in [0, 0.1) is 11.3 Å². The van der Waals surface area contributed by atoms with Crippen LogP contribution in [0.25, 0.3) is 0 Å². The van der Waals surface area contributed by atoms with Crippen LogP contribution in [-0.4, -0.2) is 35.9 Å². The molecule has 1 amide bonds. The normalized spacial score (nSPS) is 13.9. The molecule has 0 saturated carbocycles. The van der Waals surface area contributed by atoms with Crippen LogP contribution in [0.2, 0.25) is 0 Å². The van der Waals surface area contributed by atoms with Crippen LogP contribution in [0.15, 0.2) is 30.3 Å². The van der Waals surface area contributed by atoms with Crippen molar-refractivity contribution in [3.63, 3.8) is 0 Å². The zero-order valence-electron chi connectivity index (χ0n) is 15.6. The average molecular weight is 351 g/mol. The van der Waals surface area contributed by atoms with Crippen molar-refractivity contribution in [2.75, 3.05) is 6.61 Å². The fourth-order valence-electron chi connectivity index (χ4n) is 2.40. The Bertz CT molecular complexity index is 556. The van der Waals surface area contributed by atoms with Crippen molar-refractivity contribution in [1.29, 1.82) is 0 Å². The number of hydrogen-bond acceptors (Lipinski definition) is 5. The van der Waals surface area contributed by atoms with Gasteiger partial charge in [0.15, 0.2) is 0 Å². The highest BCUT2D eigenvalue weighted by atomic mass is 16.5. The number of amides is 1. The lowest BCUT2D eigenvalue weighted by Crippen LogP contribution is -2.55. The van der Waals surface area contributed by atoms with Crippen molar-refractivity contribution in [1.82, 2.24) is 5.32 Å². The molecular formula is C19H29NO5. The number of aliphatic hydroxyl groups excluding tert-OH is 1. The lowest BCUT2D eigenvalue weighted by atomic mass is 9.79. The van der Waals surface area contributed by atoms with Gasteiger partial charge < -0.3 is 19.9 Å². The Hall–Kier alpha value is -2.08. The van der Waals surface area contributed by atoms with E-state index >= 15 is 0 Å². The first-order chi connectivity index (χ1) is 11.7. The molecule has 1 rings (SSSR count). The second-order valence-electron chi connectivity index (χ2n) is 6.86. The highest BCUT2D eigenvalue weighted by molar-refractivity contribution is 5.77. The summed E-state index contributed by atoms with van der Waals surface area (Å²) in [4.78, 5) is 24.2. The topological polar surface area (TPSA) is 84.9 Å². The number of aliphatic hydroxyl groups is 1. The van der Waals surface area contributed by atoms with Crippen LogP contribution in [0.4, 0.5) is 4.79 Å². The van der Waals surface area contributed by atoms with Gasteiger partial charge in [-0.25, -0.2) is 4.79 Å². The molecule has 0 spiro atoms. The van der Waals surface area contributed by atoms with E-state index in [4.69, 9.17) is 9.47 Å². The minimum atomic E-state index is -1.16. The maximum Gasteiger partial charge on any atom is 0.407 e. The third kappa shape index (κ3) is 6.05. The summed E-state index contributed by atoms with van der Waals surface area (Å²) in [6, 6.07) is 8.66. The summed E-state index contributed by atoms with van der Waals surface area (Å²) in [7, 11) is 0. The first kappa shape index (κ1) is 21.0. The number of carbonyl (C=O) groups is 2. The lowest BCUT2D eigenvalue weighted by molar-refractivity contribution is -0.161. The summed E-state index contributed by atoms with van der Waals surface area (Å²) < 4.78 is 10.2. The number of benzene rings is 1. The van der Waals surface area contributed by atoms with Gasteiger partial charge in [-0.15, -0.1) is 0 Å². The maximum atomic E-state index is 12.1. The molecule has 0 saturated heterocycles. The van der Waals surface area contributed by atoms with Crippen LogP contribution in [0.3, 0.4) is 0 Å². The first-order valence-electron chi connectivity index (χ1n) is 8.52. The molecule has 0 heterocycles. The van der Waals surface area contributed by atoms with Crippen molar-refractivity contribution in [3.05, 3.63) is 35.9 Å². The Morgan fingerprint density at radius 3 is 2.28 bits per heavy atom. The van der Waals surface area contributed by atoms with E-state index in [9.17, 15) is 14.7 Å². The van der Waals surface area contributed by atoms with E-state index in [1.165, 1.54) is 0 Å². The predicted octanol–water partition coefficient (Wildman–Crippen LogP) is 2.89. The van der Waals surface area contributed by atoms with Crippen molar-refractivity contribution >= 4 is 12.1 Å². The summed E-state index contributed by atoms with van der Waals surface area (Å²) in [5.41, 5.74) is -0.288. The summed E-state index contributed by atoms with van der Waals surface area (Å²) in [6.45, 7) is 8.98. The van der Waals surface area contributed by atoms with Gasteiger partial charge in [-0.1, -0.05) is 44.2 Å². The molecule has 25 heavy (non-hydrogen) atoms. The van der Waals surface area contributed by atoms with Gasteiger partial charge in [0.05, 0.1) is 24.2 Å². The van der Waals surface area contributed by atoms with E-state index < -0.39 is 29.6 Å². The van der Waals surface area contributed by atoms with E-state index in [-0.39, 0.29) is 19.1 Å². The molecule has 0 radical (unpaired) electrons. The summed E-state index contributed by atoms with van der Waals surface area (Å²) >= 11 is 0. The molecule has 0 aliphatic rings. The monoisotopic (exact) mass is 351 g/mol. The van der Waals surface area contributed by atoms with Crippen molar-refractivity contribution in [2.45, 2.75) is 53.4 Å². The molecule has 0 aromatic heterocycles. The van der Waals surface area contributed by atoms with Gasteiger partial charge in [0.2, 0.25) is 0 Å². The fraction of sp³-hybridized carbons (Fsp3) is 0.579. The summed E-state index contributed by atoms with van der Waals surface area (Å²) in [5, 5.41) is 13.3. The van der Waals surface area contributed by atoms with E-state index in [2.05, 4.69) is 5.32 Å². The van der Waals surface area contributed by atoms with Gasteiger partial charge in [-0.05, 0) is 32.3 Å². The van der Waals surface area contributed by atoms with E-state index in [1.807, 2.05) is 44.2 Å². The van der Waals surface area contributed by atoms with Crippen LogP contribution in [0.1, 0.15) is 40.2 Å². The van der Waals surface area contributed by atoms with Gasteiger partial charge in [-0.2, -0.15) is 0 Å². The fourth-order valence-corrected chi connectivity index (χ4v) is 2.40. The van der Waals surface area contributed by atoms with Gasteiger partial charge in [0.1, 0.15) is 6.61 Å². The lowest BCUT2D eigenvalue weighted by Gasteiger charge is -2.36. The van der Waals surface area contributed by atoms with Gasteiger partial charge in [-0.3, -0.25) is 4.79 Å². The predicted molar refractivity (Wildman–Crippen MR) is 94.8 cm³/mol. The van der Waals surface area contributed by atoms with E-state index in [0.29, 0.717) is 0 Å². The number of ether oxygens (including phenoxy) is 2. The molecule has 0 aliphatic heterocycles. The second-order valence-corrected chi connectivity index (χ2v) is 6.86. The van der Waals surface area contributed by atoms with Gasteiger partial charge >= 0.3 is 12.1 Å². The van der Waals surface area contributed by atoms with Crippen molar-refractivity contribution in [2.24, 2.45) is 11.3 Å². The van der Waals surface area contributed by atoms with Gasteiger partial charge in [0, 0.05) is 0 Å². The smallest absolute Gasteiger partial charge is 0.407 e. The molecule has 1 aromatic carbocycles. The highest BCUT2D eigenvalue weighted by Gasteiger charge is 2.43. The Balaban J connectivity index is 2.72. The summed E-state index contributed by atoms with van der Waals surface area (Å²) in [6.07, 6.45) is -1.75. The Morgan fingerprint density at radius 2 is 1.76 bits per heavy atom. The molecule has 6 heteroatoms. The Kier molecular flexibility index (Phi) is 7.90. The maximum absolute atomic E-state index is 12.1. The molecule has 0 aliphatic carbocycles. The Labute approximate surface area is 149 Å². The zero-order valence-corrected chi connectivity index (χ0v) is 15.6. The third-order valence-electron chi connectivity index (χ3n) is 4.10. The van der Waals surface area contributed by atoms with Crippen molar-refractivity contribution in [3.8, 4) is 0 Å². The molecule has 6 nitrogen and oxygen atoms in total. The van der Waals surface area contributed by atoms with Gasteiger partial charge in [0.25, 0.3) is 0 Å². The van der Waals surface area contributed by atoms with Crippen LogP contribution < -0.4 is 5.32 Å². The highest BCUT2D eigenvalue weighted by Crippen LogP contribution is 2.28. The van der Waals surface area contributed by atoms with E-state index in [1.54, 1.807) is 20.8 Å². The minimum Gasteiger partial charge on any atom is -0.466 e. The van der Waals surface area contributed by atoms with E-state index in [0.717, 1.165) is 5.56 Å². The van der Waals surface area contributed by atoms with Crippen LogP contribution >= 0.6 is 0 Å². The molecule has 0 unspecified atom stereocenters. The van der Waals surface area contributed by atoms with Crippen LogP contribution in [0.5, 0.6) is 0 Å².